The molecule has 1 rings (SSSR count). The van der Waals surface area contributed by atoms with Gasteiger partial charge < -0.3 is 0 Å². The Labute approximate surface area is 62.2 Å². The fraction of sp³-hybridized carbons (Fsp3) is 0.833. The van der Waals surface area contributed by atoms with Crippen LogP contribution in [0.25, 0.3) is 0 Å². The molecule has 0 nitrogen and oxygen atoms in total. The molecule has 0 aromatic carbocycles. The lowest BCUT2D eigenvalue weighted by atomic mass is 10.0. The quantitative estimate of drug-likeness (QED) is 0.612. The van der Waals surface area contributed by atoms with E-state index in [0.717, 1.165) is 36.3 Å². The van der Waals surface area contributed by atoms with E-state index in [2.05, 4.69) is 0 Å². The van der Waals surface area contributed by atoms with Crippen molar-refractivity contribution < 1.29 is 13.2 Å². The second-order valence-corrected chi connectivity index (χ2v) is 3.45. The summed E-state index contributed by atoms with van der Waals surface area (Å²) in [5.74, 6) is -0.706. The van der Waals surface area contributed by atoms with Gasteiger partial charge in [-0.05, 0) is 12.8 Å². The second-order valence-electron chi connectivity index (χ2n) is 2.30. The van der Waals surface area contributed by atoms with Crippen LogP contribution < -0.4 is 0 Å². The summed E-state index contributed by atoms with van der Waals surface area (Å²) in [6.45, 7) is 0. The molecule has 1 aliphatic rings. The van der Waals surface area contributed by atoms with Crippen LogP contribution >= 0.6 is 11.8 Å². The largest absolute Gasteiger partial charge is 0.397 e. The van der Waals surface area contributed by atoms with Gasteiger partial charge in [-0.1, -0.05) is 6.42 Å². The minimum absolute atomic E-state index is 0.706. The van der Waals surface area contributed by atoms with Gasteiger partial charge in [0, 0.05) is 5.25 Å². The van der Waals surface area contributed by atoms with E-state index < -0.39 is 11.9 Å². The van der Waals surface area contributed by atoms with Crippen LogP contribution in [0.15, 0.2) is 0 Å². The van der Waals surface area contributed by atoms with Crippen LogP contribution in [0.5, 0.6) is 0 Å². The SMILES string of the molecule is FC(F)(F)CS[C]1CCC1. The molecular formula is C6H8F3S. The third kappa shape index (κ3) is 2.82. The standard InChI is InChI=1S/C6H8F3S/c7-6(8,9)4-10-5-2-1-3-5/h1-4H2. The molecule has 0 aromatic rings. The number of hydrogen-bond donors (Lipinski definition) is 0. The Morgan fingerprint density at radius 3 is 2.20 bits per heavy atom. The highest BCUT2D eigenvalue weighted by Gasteiger charge is 2.30. The van der Waals surface area contributed by atoms with Crippen LogP contribution in [-0.2, 0) is 0 Å². The van der Waals surface area contributed by atoms with Crippen molar-refractivity contribution in [2.45, 2.75) is 25.4 Å². The van der Waals surface area contributed by atoms with Gasteiger partial charge in [0.25, 0.3) is 0 Å². The molecule has 0 amide bonds. The van der Waals surface area contributed by atoms with Crippen LogP contribution in [0, 0.1) is 5.25 Å². The summed E-state index contributed by atoms with van der Waals surface area (Å²) in [5, 5.41) is 1.01. The summed E-state index contributed by atoms with van der Waals surface area (Å²) in [7, 11) is 0. The third-order valence-electron chi connectivity index (χ3n) is 1.35. The highest BCUT2D eigenvalue weighted by Crippen LogP contribution is 2.41. The molecule has 1 fully saturated rings. The van der Waals surface area contributed by atoms with E-state index in [1.54, 1.807) is 0 Å². The van der Waals surface area contributed by atoms with Crippen molar-refractivity contribution in [2.24, 2.45) is 0 Å². The first-order valence-corrected chi connectivity index (χ1v) is 4.11. The Morgan fingerprint density at radius 1 is 1.30 bits per heavy atom. The third-order valence-corrected chi connectivity index (χ3v) is 2.64. The smallest absolute Gasteiger partial charge is 0.170 e. The number of rotatable bonds is 2. The molecular weight excluding hydrogens is 161 g/mol. The molecule has 0 spiro atoms. The zero-order chi connectivity index (χ0) is 7.61. The topological polar surface area (TPSA) is 0 Å². The highest BCUT2D eigenvalue weighted by molar-refractivity contribution is 8.02. The van der Waals surface area contributed by atoms with Crippen molar-refractivity contribution in [1.82, 2.24) is 0 Å². The first-order valence-electron chi connectivity index (χ1n) is 3.12. The average Bonchev–Trinajstić information content (AvgIpc) is 1.56. The van der Waals surface area contributed by atoms with Gasteiger partial charge in [0.05, 0.1) is 5.75 Å². The molecule has 0 aromatic heterocycles. The maximum absolute atomic E-state index is 11.5. The number of thioether (sulfide) groups is 1. The van der Waals surface area contributed by atoms with E-state index in [1.165, 1.54) is 0 Å². The van der Waals surface area contributed by atoms with Crippen LogP contribution in [0.1, 0.15) is 19.3 Å². The van der Waals surface area contributed by atoms with Crippen molar-refractivity contribution in [2.75, 3.05) is 5.75 Å². The normalized spacial score (nSPS) is 20.7. The van der Waals surface area contributed by atoms with Gasteiger partial charge in [-0.3, -0.25) is 0 Å². The Kier molecular flexibility index (Phi) is 2.50. The monoisotopic (exact) mass is 169 g/mol. The van der Waals surface area contributed by atoms with Gasteiger partial charge in [-0.2, -0.15) is 13.2 Å². The van der Waals surface area contributed by atoms with Gasteiger partial charge in [-0.15, -0.1) is 11.8 Å². The summed E-state index contributed by atoms with van der Waals surface area (Å²) >= 11 is 0.962. The van der Waals surface area contributed by atoms with E-state index in [1.807, 2.05) is 0 Å². The molecule has 1 saturated carbocycles. The van der Waals surface area contributed by atoms with Crippen LogP contribution in [-0.4, -0.2) is 11.9 Å². The summed E-state index contributed by atoms with van der Waals surface area (Å²) in [6.07, 6.45) is -1.14. The van der Waals surface area contributed by atoms with Crippen LogP contribution in [0.4, 0.5) is 13.2 Å². The Balaban J connectivity index is 2.04. The lowest BCUT2D eigenvalue weighted by Crippen LogP contribution is -2.14. The Hall–Kier alpha value is 0.140. The molecule has 10 heavy (non-hydrogen) atoms. The van der Waals surface area contributed by atoms with E-state index in [9.17, 15) is 13.2 Å². The van der Waals surface area contributed by atoms with Crippen LogP contribution in [0.2, 0.25) is 0 Å². The van der Waals surface area contributed by atoms with Crippen molar-refractivity contribution in [3.8, 4) is 0 Å². The minimum Gasteiger partial charge on any atom is -0.170 e. The molecule has 0 saturated heterocycles. The fourth-order valence-corrected chi connectivity index (χ4v) is 1.59. The van der Waals surface area contributed by atoms with Crippen molar-refractivity contribution >= 4 is 11.8 Å². The summed E-state index contributed by atoms with van der Waals surface area (Å²) in [5.41, 5.74) is 0. The summed E-state index contributed by atoms with van der Waals surface area (Å²) in [6, 6.07) is 0. The molecule has 1 aliphatic carbocycles. The van der Waals surface area contributed by atoms with E-state index >= 15 is 0 Å². The average molecular weight is 169 g/mol. The first-order chi connectivity index (χ1) is 4.58. The van der Waals surface area contributed by atoms with Gasteiger partial charge in [0.1, 0.15) is 0 Å². The predicted octanol–water partition coefficient (Wildman–Crippen LogP) is 3.00. The maximum atomic E-state index is 11.5. The Bertz CT molecular complexity index is 106. The van der Waals surface area contributed by atoms with E-state index in [-0.39, 0.29) is 0 Å². The van der Waals surface area contributed by atoms with Crippen molar-refractivity contribution in [3.05, 3.63) is 5.25 Å². The lowest BCUT2D eigenvalue weighted by molar-refractivity contribution is -0.105. The van der Waals surface area contributed by atoms with Crippen molar-refractivity contribution in [3.63, 3.8) is 0 Å². The fourth-order valence-electron chi connectivity index (χ4n) is 0.649. The zero-order valence-corrected chi connectivity index (χ0v) is 6.19. The zero-order valence-electron chi connectivity index (χ0n) is 5.37. The van der Waals surface area contributed by atoms with Gasteiger partial charge >= 0.3 is 6.18 Å². The summed E-state index contributed by atoms with van der Waals surface area (Å²) < 4.78 is 34.6. The minimum atomic E-state index is -3.99. The van der Waals surface area contributed by atoms with E-state index in [4.69, 9.17) is 0 Å². The van der Waals surface area contributed by atoms with Gasteiger partial charge in [0.15, 0.2) is 0 Å². The molecule has 0 heterocycles. The molecule has 0 unspecified atom stereocenters. The van der Waals surface area contributed by atoms with Gasteiger partial charge in [0.2, 0.25) is 0 Å². The first kappa shape index (κ1) is 8.24. The molecule has 0 N–H and O–H groups in total. The molecule has 0 atom stereocenters. The number of hydrogen-bond acceptors (Lipinski definition) is 1. The van der Waals surface area contributed by atoms with Gasteiger partial charge in [-0.25, -0.2) is 0 Å². The Morgan fingerprint density at radius 2 is 1.90 bits per heavy atom. The second kappa shape index (κ2) is 3.03. The number of halogens is 3. The van der Waals surface area contributed by atoms with E-state index in [0.29, 0.717) is 0 Å². The predicted molar refractivity (Wildman–Crippen MR) is 35.6 cm³/mol. The molecule has 0 aliphatic heterocycles. The summed E-state index contributed by atoms with van der Waals surface area (Å²) in [4.78, 5) is 0. The highest BCUT2D eigenvalue weighted by atomic mass is 32.2. The number of alkyl halides is 3. The molecule has 1 radical (unpaired) electrons. The molecule has 59 valence electrons. The molecule has 4 heteroatoms. The lowest BCUT2D eigenvalue weighted by Gasteiger charge is -2.23. The van der Waals surface area contributed by atoms with Crippen LogP contribution in [0.3, 0.4) is 0 Å². The van der Waals surface area contributed by atoms with Crippen molar-refractivity contribution in [1.29, 1.82) is 0 Å². The molecule has 0 bridgehead atoms. The maximum Gasteiger partial charge on any atom is 0.397 e.